The molecule has 0 spiro atoms. The Hall–Kier alpha value is -5.52. The SMILES string of the molecule is CC(C)(C)c1ccc(C(F)(F)F)cc1C(F)(F)F.CC(C)(C)c1ccccc1-c1ccccc1.COc1ccc(Cl)cc1C(C)(C)C.COc1ccc(OC)c(C(C)(C)C)c1.Cc1cc(Cl)c(C(C)(C)C)c(Cl)c1.Cc1cc(Cl)c(C(C)(C)C)c(Cl)c1.Cc1cc(Cl)ccc1C(C)(C)C. The third-order valence-corrected chi connectivity index (χ3v) is 17.0. The van der Waals surface area contributed by atoms with Gasteiger partial charge in [-0.05, 0) is 199 Å². The van der Waals surface area contributed by atoms with Crippen LogP contribution in [0.15, 0.2) is 152 Å². The van der Waals surface area contributed by atoms with Gasteiger partial charge in [-0.25, -0.2) is 0 Å². The first-order valence-electron chi connectivity index (χ1n) is 32.6. The molecule has 99 heavy (non-hydrogen) atoms. The molecule has 0 heterocycles. The first-order valence-corrected chi connectivity index (χ1v) is 34.9. The summed E-state index contributed by atoms with van der Waals surface area (Å²) in [4.78, 5) is 0. The second-order valence-electron chi connectivity index (χ2n) is 31.5. The van der Waals surface area contributed by atoms with Gasteiger partial charge in [-0.3, -0.25) is 0 Å². The van der Waals surface area contributed by atoms with Crippen molar-refractivity contribution in [3.8, 4) is 28.4 Å². The lowest BCUT2D eigenvalue weighted by Crippen LogP contribution is -2.21. The van der Waals surface area contributed by atoms with Gasteiger partial charge in [0.05, 0.1) is 32.5 Å². The van der Waals surface area contributed by atoms with E-state index in [0.29, 0.717) is 6.07 Å². The molecule has 0 atom stereocenters. The monoisotopic (exact) mass is 1490 g/mol. The summed E-state index contributed by atoms with van der Waals surface area (Å²) in [6.45, 7) is 49.6. The summed E-state index contributed by atoms with van der Waals surface area (Å²) in [5, 5.41) is 4.62. The Balaban J connectivity index is 0.000000394. The van der Waals surface area contributed by atoms with Crippen LogP contribution >= 0.6 is 69.6 Å². The first kappa shape index (κ1) is 89.6. The molecule has 8 rings (SSSR count). The smallest absolute Gasteiger partial charge is 0.416 e. The predicted octanol–water partition coefficient (Wildman–Crippen LogP) is 29.5. The molecule has 8 aromatic carbocycles. The second kappa shape index (κ2) is 36.6. The zero-order chi connectivity index (χ0) is 76.6. The molecule has 0 bridgehead atoms. The highest BCUT2D eigenvalue weighted by molar-refractivity contribution is 6.37. The summed E-state index contributed by atoms with van der Waals surface area (Å²) < 4.78 is 91.4. The number of aryl methyl sites for hydroxylation is 3. The molecule has 0 radical (unpaired) electrons. The molecular formula is C84H106Cl6F6O3. The number of alkyl halides is 6. The fourth-order valence-corrected chi connectivity index (χ4v) is 13.3. The number of rotatable bonds is 4. The number of hydrogen-bond donors (Lipinski definition) is 0. The Kier molecular flexibility index (Phi) is 33.1. The fraction of sp³-hybridized carbons (Fsp3) is 0.429. The molecule has 0 N–H and O–H groups in total. The van der Waals surface area contributed by atoms with E-state index < -0.39 is 28.9 Å². The standard InChI is InChI=1S/C16H18.C12H12F6.C12H18O2.2C11H14Cl2.C11H15ClO.C11H15Cl/c1-16(2,3)15-12-8-7-11-14(15)13-9-5-4-6-10-13;1-10(2,3)8-5-4-7(11(13,14)15)6-9(8)12(16,17)18;1-12(2,3)10-8-9(13-4)6-7-11(10)14-5;2*1-7-5-8(12)10(9(13)6-7)11(2,3)4;1-11(2,3)9-7-8(12)5-6-10(9)13-4;1-8-7-9(12)5-6-10(8)11(2,3)4/h4-12H,1-3H3;4-6H,1-3H3;6-8H,1-5H3;2*5-6H,1-4H3;5-7H,1-4H3;5-7H,1-4H3. The lowest BCUT2D eigenvalue weighted by molar-refractivity contribution is -0.143. The van der Waals surface area contributed by atoms with Gasteiger partial charge in [0.2, 0.25) is 0 Å². The van der Waals surface area contributed by atoms with Crippen LogP contribution in [0.25, 0.3) is 11.1 Å². The van der Waals surface area contributed by atoms with Crippen LogP contribution in [0.5, 0.6) is 17.2 Å². The van der Waals surface area contributed by atoms with Gasteiger partial charge in [-0.2, -0.15) is 26.3 Å². The lowest BCUT2D eigenvalue weighted by atomic mass is 9.82. The minimum absolute atomic E-state index is 0.00185. The van der Waals surface area contributed by atoms with Gasteiger partial charge in [0.15, 0.2) is 0 Å². The summed E-state index contributed by atoms with van der Waals surface area (Å²) in [6.07, 6.45) is -9.58. The van der Waals surface area contributed by atoms with Crippen LogP contribution in [0.4, 0.5) is 26.3 Å². The van der Waals surface area contributed by atoms with Gasteiger partial charge in [0, 0.05) is 41.3 Å². The third kappa shape index (κ3) is 29.0. The van der Waals surface area contributed by atoms with Gasteiger partial charge in [-0.15, -0.1) is 0 Å². The van der Waals surface area contributed by atoms with Crippen molar-refractivity contribution >= 4 is 69.6 Å². The maximum atomic E-state index is 12.8. The van der Waals surface area contributed by atoms with Gasteiger partial charge in [0.25, 0.3) is 0 Å². The van der Waals surface area contributed by atoms with Crippen LogP contribution in [0, 0.1) is 20.8 Å². The Morgan fingerprint density at radius 3 is 1.02 bits per heavy atom. The van der Waals surface area contributed by atoms with Gasteiger partial charge in [0.1, 0.15) is 17.2 Å². The molecule has 0 aromatic heterocycles. The molecule has 544 valence electrons. The Bertz CT molecular complexity index is 3750. The zero-order valence-corrected chi connectivity index (χ0v) is 67.7. The molecule has 0 aliphatic heterocycles. The summed E-state index contributed by atoms with van der Waals surface area (Å²) in [5.74, 6) is 2.69. The normalized spacial score (nSPS) is 12.0. The number of benzene rings is 8. The van der Waals surface area contributed by atoms with Crippen molar-refractivity contribution in [1.82, 2.24) is 0 Å². The number of methoxy groups -OCH3 is 3. The van der Waals surface area contributed by atoms with Crippen LogP contribution in [0.3, 0.4) is 0 Å². The van der Waals surface area contributed by atoms with Gasteiger partial charge in [-0.1, -0.05) is 282 Å². The number of ether oxygens (including phenoxy) is 3. The Labute approximate surface area is 620 Å². The van der Waals surface area contributed by atoms with E-state index in [4.69, 9.17) is 83.8 Å². The maximum Gasteiger partial charge on any atom is 0.416 e. The highest BCUT2D eigenvalue weighted by Crippen LogP contribution is 2.43. The minimum atomic E-state index is -4.80. The zero-order valence-electron chi connectivity index (χ0n) is 63.2. The Morgan fingerprint density at radius 2 is 0.657 bits per heavy atom. The van der Waals surface area contributed by atoms with E-state index in [1.54, 1.807) is 21.3 Å². The van der Waals surface area contributed by atoms with Crippen LogP contribution in [-0.4, -0.2) is 21.3 Å². The van der Waals surface area contributed by atoms with Crippen LogP contribution < -0.4 is 14.2 Å². The van der Waals surface area contributed by atoms with E-state index in [0.717, 1.165) is 81.3 Å². The number of hydrogen-bond acceptors (Lipinski definition) is 3. The van der Waals surface area contributed by atoms with E-state index >= 15 is 0 Å². The molecule has 15 heteroatoms. The van der Waals surface area contributed by atoms with Crippen LogP contribution in [-0.2, 0) is 50.3 Å². The molecule has 8 aromatic rings. The average Bonchev–Trinajstić information content (AvgIpc) is 0.771. The van der Waals surface area contributed by atoms with Crippen molar-refractivity contribution in [2.45, 2.75) is 216 Å². The molecule has 0 aliphatic carbocycles. The van der Waals surface area contributed by atoms with E-state index in [-0.39, 0.29) is 44.1 Å². The summed E-state index contributed by atoms with van der Waals surface area (Å²) >= 11 is 36.3. The summed E-state index contributed by atoms with van der Waals surface area (Å²) in [5.41, 5.74) is 10.2. The number of halogens is 12. The highest BCUT2D eigenvalue weighted by Gasteiger charge is 2.40. The van der Waals surface area contributed by atoms with Crippen molar-refractivity contribution in [3.63, 3.8) is 0 Å². The van der Waals surface area contributed by atoms with Crippen molar-refractivity contribution in [1.29, 1.82) is 0 Å². The Morgan fingerprint density at radius 1 is 0.293 bits per heavy atom. The second-order valence-corrected chi connectivity index (χ2v) is 34.0. The molecular weight excluding hydrogens is 1380 g/mol. The maximum absolute atomic E-state index is 12.8. The highest BCUT2D eigenvalue weighted by atomic mass is 35.5. The van der Waals surface area contributed by atoms with Crippen molar-refractivity contribution in [2.75, 3.05) is 21.3 Å². The quantitative estimate of drug-likeness (QED) is 0.164. The van der Waals surface area contributed by atoms with E-state index in [9.17, 15) is 26.3 Å². The topological polar surface area (TPSA) is 27.7 Å². The van der Waals surface area contributed by atoms with Crippen LogP contribution in [0.1, 0.15) is 212 Å². The predicted molar refractivity (Wildman–Crippen MR) is 415 cm³/mol. The molecule has 0 fully saturated rings. The summed E-state index contributed by atoms with van der Waals surface area (Å²) in [6, 6.07) is 46.5. The minimum Gasteiger partial charge on any atom is -0.497 e. The molecule has 0 saturated carbocycles. The van der Waals surface area contributed by atoms with Gasteiger partial charge >= 0.3 is 12.4 Å². The van der Waals surface area contributed by atoms with E-state index in [1.807, 2.05) is 86.6 Å². The molecule has 0 aliphatic rings. The largest absolute Gasteiger partial charge is 0.497 e. The molecule has 0 amide bonds. The fourth-order valence-electron chi connectivity index (χ4n) is 10.6. The van der Waals surface area contributed by atoms with E-state index in [1.165, 1.54) is 54.2 Å². The van der Waals surface area contributed by atoms with Crippen LogP contribution in [0.2, 0.25) is 30.1 Å². The van der Waals surface area contributed by atoms with Crippen molar-refractivity contribution < 1.29 is 40.6 Å². The molecule has 3 nitrogen and oxygen atoms in total. The summed E-state index contributed by atoms with van der Waals surface area (Å²) in [7, 11) is 5.05. The third-order valence-electron chi connectivity index (χ3n) is 15.3. The van der Waals surface area contributed by atoms with Gasteiger partial charge < -0.3 is 14.2 Å². The molecule has 0 saturated heterocycles. The lowest BCUT2D eigenvalue weighted by Gasteiger charge is -2.25. The average molecular weight is 1490 g/mol. The van der Waals surface area contributed by atoms with E-state index in [2.05, 4.69) is 192 Å². The first-order chi connectivity index (χ1) is 44.9. The van der Waals surface area contributed by atoms with Crippen molar-refractivity contribution in [3.05, 3.63) is 249 Å². The molecule has 0 unspecified atom stereocenters. The van der Waals surface area contributed by atoms with Crippen molar-refractivity contribution in [2.24, 2.45) is 0 Å².